The van der Waals surface area contributed by atoms with Gasteiger partial charge >= 0.3 is 5.97 Å². The lowest BCUT2D eigenvalue weighted by atomic mass is 10.1. The van der Waals surface area contributed by atoms with Gasteiger partial charge in [-0.2, -0.15) is 0 Å². The summed E-state index contributed by atoms with van der Waals surface area (Å²) < 4.78 is 0. The highest BCUT2D eigenvalue weighted by Crippen LogP contribution is 2.27. The largest absolute Gasteiger partial charge is 0.480 e. The summed E-state index contributed by atoms with van der Waals surface area (Å²) in [5, 5.41) is 12.2. The molecule has 7 heteroatoms. The van der Waals surface area contributed by atoms with E-state index in [0.29, 0.717) is 25.6 Å². The van der Waals surface area contributed by atoms with E-state index in [4.69, 9.17) is 0 Å². The number of carboxylic acids is 1. The molecule has 3 rings (SSSR count). The maximum absolute atomic E-state index is 12.5. The van der Waals surface area contributed by atoms with Gasteiger partial charge in [-0.25, -0.2) is 4.79 Å². The summed E-state index contributed by atoms with van der Waals surface area (Å²) in [7, 11) is 0. The Kier molecular flexibility index (Phi) is 6.34. The first-order valence-corrected chi connectivity index (χ1v) is 9.98. The van der Waals surface area contributed by atoms with Gasteiger partial charge in [0.1, 0.15) is 6.04 Å². The number of likely N-dealkylation sites (tertiary alicyclic amines) is 1. The Morgan fingerprint density at radius 1 is 1.21 bits per heavy atom. The molecule has 7 nitrogen and oxygen atoms in total. The number of nitrogens with zero attached hydrogens (tertiary/aromatic N) is 2. The zero-order chi connectivity index (χ0) is 20.3. The number of hydrogen-bond donors (Lipinski definition) is 2. The van der Waals surface area contributed by atoms with Gasteiger partial charge in [0.25, 0.3) is 0 Å². The summed E-state index contributed by atoms with van der Waals surface area (Å²) in [6.07, 6.45) is 3.56. The van der Waals surface area contributed by atoms with Gasteiger partial charge in [0, 0.05) is 31.2 Å². The van der Waals surface area contributed by atoms with Gasteiger partial charge in [0.15, 0.2) is 0 Å². The Labute approximate surface area is 165 Å². The first kappa shape index (κ1) is 20.3. The minimum atomic E-state index is -0.933. The molecule has 1 heterocycles. The van der Waals surface area contributed by atoms with Crippen LogP contribution in [0.1, 0.15) is 43.2 Å². The van der Waals surface area contributed by atoms with Crippen LogP contribution < -0.4 is 5.32 Å². The fourth-order valence-electron chi connectivity index (χ4n) is 3.78. The fraction of sp³-hybridized carbons (Fsp3) is 0.571. The second-order valence-electron chi connectivity index (χ2n) is 7.90. The van der Waals surface area contributed by atoms with E-state index in [0.717, 1.165) is 36.1 Å². The first-order chi connectivity index (χ1) is 13.3. The third kappa shape index (κ3) is 5.10. The normalized spacial score (nSPS) is 19.1. The topological polar surface area (TPSA) is 90.0 Å². The summed E-state index contributed by atoms with van der Waals surface area (Å²) in [5.74, 6) is -1.15. The number of benzene rings is 1. The van der Waals surface area contributed by atoms with Crippen molar-refractivity contribution in [3.8, 4) is 0 Å². The van der Waals surface area contributed by atoms with Crippen LogP contribution in [0.15, 0.2) is 18.2 Å². The van der Waals surface area contributed by atoms with Crippen molar-refractivity contribution >= 4 is 23.5 Å². The van der Waals surface area contributed by atoms with Crippen molar-refractivity contribution < 1.29 is 19.5 Å². The van der Waals surface area contributed by atoms with Crippen LogP contribution in [0.3, 0.4) is 0 Å². The minimum Gasteiger partial charge on any atom is -0.480 e. The van der Waals surface area contributed by atoms with E-state index in [1.807, 2.05) is 36.9 Å². The number of aliphatic carboxylic acids is 1. The summed E-state index contributed by atoms with van der Waals surface area (Å²) in [5.41, 5.74) is 2.92. The molecular formula is C21H29N3O4. The van der Waals surface area contributed by atoms with Gasteiger partial charge < -0.3 is 15.3 Å². The van der Waals surface area contributed by atoms with Crippen LogP contribution in [0, 0.1) is 13.8 Å². The molecule has 0 bridgehead atoms. The number of hydrogen-bond acceptors (Lipinski definition) is 4. The predicted octanol–water partition coefficient (Wildman–Crippen LogP) is 2.17. The Bertz CT molecular complexity index is 760. The molecular weight excluding hydrogens is 358 g/mol. The molecule has 0 aromatic heterocycles. The monoisotopic (exact) mass is 387 g/mol. The number of carboxylic acid groups (broad SMARTS) is 1. The molecule has 1 unspecified atom stereocenters. The average Bonchev–Trinajstić information content (AvgIpc) is 3.36. The van der Waals surface area contributed by atoms with Crippen LogP contribution in [0.5, 0.6) is 0 Å². The van der Waals surface area contributed by atoms with E-state index in [1.165, 1.54) is 4.90 Å². The minimum absolute atomic E-state index is 0.0855. The van der Waals surface area contributed by atoms with Crippen molar-refractivity contribution in [2.45, 2.75) is 58.0 Å². The first-order valence-electron chi connectivity index (χ1n) is 9.98. The van der Waals surface area contributed by atoms with Gasteiger partial charge in [0.05, 0.1) is 6.54 Å². The number of carbonyl (C=O) groups excluding carboxylic acids is 2. The van der Waals surface area contributed by atoms with Crippen molar-refractivity contribution in [2.75, 3.05) is 25.0 Å². The van der Waals surface area contributed by atoms with Crippen LogP contribution in [-0.4, -0.2) is 64.4 Å². The average molecular weight is 387 g/mol. The summed E-state index contributed by atoms with van der Waals surface area (Å²) >= 11 is 0. The highest BCUT2D eigenvalue weighted by molar-refractivity contribution is 5.93. The lowest BCUT2D eigenvalue weighted by Crippen LogP contribution is -2.43. The lowest BCUT2D eigenvalue weighted by Gasteiger charge is -2.25. The molecule has 1 aromatic rings. The van der Waals surface area contributed by atoms with Crippen molar-refractivity contribution in [3.63, 3.8) is 0 Å². The van der Waals surface area contributed by atoms with Crippen molar-refractivity contribution in [1.29, 1.82) is 0 Å². The van der Waals surface area contributed by atoms with Crippen LogP contribution in [0.25, 0.3) is 0 Å². The Morgan fingerprint density at radius 3 is 2.64 bits per heavy atom. The third-order valence-corrected chi connectivity index (χ3v) is 5.55. The third-order valence-electron chi connectivity index (χ3n) is 5.55. The van der Waals surface area contributed by atoms with E-state index in [9.17, 15) is 19.5 Å². The summed E-state index contributed by atoms with van der Waals surface area (Å²) in [6, 6.07) is 5.59. The molecule has 1 aromatic carbocycles. The maximum Gasteiger partial charge on any atom is 0.326 e. The standard InChI is InChI=1S/C21H29N3O4/c1-14-5-6-15(2)17(12-14)22-19(25)13-23(16-7-8-16)11-9-20(26)24-10-3-4-18(24)21(27)28/h5-6,12,16,18H,3-4,7-11,13H2,1-2H3,(H,22,25)(H,27,28). The molecule has 1 atom stereocenters. The molecule has 2 fully saturated rings. The molecule has 28 heavy (non-hydrogen) atoms. The number of rotatable bonds is 8. The Hall–Kier alpha value is -2.41. The molecule has 0 radical (unpaired) electrons. The van der Waals surface area contributed by atoms with E-state index >= 15 is 0 Å². The molecule has 1 aliphatic heterocycles. The van der Waals surface area contributed by atoms with Gasteiger partial charge in [-0.05, 0) is 56.7 Å². The molecule has 0 spiro atoms. The maximum atomic E-state index is 12.5. The van der Waals surface area contributed by atoms with Gasteiger partial charge in [-0.3, -0.25) is 14.5 Å². The highest BCUT2D eigenvalue weighted by Gasteiger charge is 2.35. The highest BCUT2D eigenvalue weighted by atomic mass is 16.4. The second-order valence-corrected chi connectivity index (χ2v) is 7.90. The van der Waals surface area contributed by atoms with Gasteiger partial charge in [0.2, 0.25) is 11.8 Å². The SMILES string of the molecule is Cc1ccc(C)c(NC(=O)CN(CCC(=O)N2CCCC2C(=O)O)C2CC2)c1. The smallest absolute Gasteiger partial charge is 0.326 e. The zero-order valence-electron chi connectivity index (χ0n) is 16.6. The molecule has 2 aliphatic rings. The van der Waals surface area contributed by atoms with E-state index < -0.39 is 12.0 Å². The second kappa shape index (κ2) is 8.73. The van der Waals surface area contributed by atoms with E-state index in [2.05, 4.69) is 5.32 Å². The van der Waals surface area contributed by atoms with E-state index in [-0.39, 0.29) is 24.8 Å². The van der Waals surface area contributed by atoms with Gasteiger partial charge in [-0.15, -0.1) is 0 Å². The van der Waals surface area contributed by atoms with Crippen LogP contribution >= 0.6 is 0 Å². The van der Waals surface area contributed by atoms with Crippen molar-refractivity contribution in [3.05, 3.63) is 29.3 Å². The molecule has 1 saturated heterocycles. The Balaban J connectivity index is 1.54. The van der Waals surface area contributed by atoms with Crippen molar-refractivity contribution in [2.24, 2.45) is 0 Å². The predicted molar refractivity (Wildman–Crippen MR) is 106 cm³/mol. The summed E-state index contributed by atoms with van der Waals surface area (Å²) in [4.78, 5) is 39.8. The van der Waals surface area contributed by atoms with Gasteiger partial charge in [-0.1, -0.05) is 12.1 Å². The number of anilines is 1. The zero-order valence-corrected chi connectivity index (χ0v) is 16.6. The number of amides is 2. The number of nitrogens with one attached hydrogen (secondary N) is 1. The summed E-state index contributed by atoms with van der Waals surface area (Å²) in [6.45, 7) is 5.17. The lowest BCUT2D eigenvalue weighted by molar-refractivity contribution is -0.148. The number of aryl methyl sites for hydroxylation is 2. The molecule has 2 N–H and O–H groups in total. The molecule has 1 saturated carbocycles. The van der Waals surface area contributed by atoms with Crippen LogP contribution in [0.4, 0.5) is 5.69 Å². The quantitative estimate of drug-likeness (QED) is 0.714. The fourth-order valence-corrected chi connectivity index (χ4v) is 3.78. The van der Waals surface area contributed by atoms with Crippen LogP contribution in [0.2, 0.25) is 0 Å². The number of carbonyl (C=O) groups is 3. The van der Waals surface area contributed by atoms with Crippen molar-refractivity contribution in [1.82, 2.24) is 9.80 Å². The molecule has 1 aliphatic carbocycles. The van der Waals surface area contributed by atoms with Crippen LogP contribution in [-0.2, 0) is 14.4 Å². The Morgan fingerprint density at radius 2 is 1.96 bits per heavy atom. The molecule has 2 amide bonds. The molecule has 152 valence electrons. The van der Waals surface area contributed by atoms with E-state index in [1.54, 1.807) is 0 Å².